The number of rotatable bonds is 9. The van der Waals surface area contributed by atoms with E-state index in [-0.39, 0.29) is 24.5 Å². The number of hydrogen-bond donors (Lipinski definition) is 5. The zero-order valence-electron chi connectivity index (χ0n) is 15.6. The van der Waals surface area contributed by atoms with E-state index in [0.29, 0.717) is 29.2 Å². The molecule has 30 heavy (non-hydrogen) atoms. The van der Waals surface area contributed by atoms with Crippen molar-refractivity contribution in [2.45, 2.75) is 31.8 Å². The lowest BCUT2D eigenvalue weighted by Crippen LogP contribution is -2.40. The summed E-state index contributed by atoms with van der Waals surface area (Å²) in [5, 5.41) is 32.3. The molecule has 0 unspecified atom stereocenters. The minimum atomic E-state index is -1.29. The van der Waals surface area contributed by atoms with Gasteiger partial charge in [-0.3, -0.25) is 9.59 Å². The fraction of sp³-hybridized carbons (Fsp3) is 0.278. The number of carbonyl (C=O) groups excluding carboxylic acids is 1. The number of nitrogens with one attached hydrogen (secondary N) is 1. The van der Waals surface area contributed by atoms with Crippen LogP contribution in [-0.4, -0.2) is 53.7 Å². The Bertz CT molecular complexity index is 1060. The second-order valence-electron chi connectivity index (χ2n) is 6.55. The predicted molar refractivity (Wildman–Crippen MR) is 107 cm³/mol. The number of thiophene rings is 1. The van der Waals surface area contributed by atoms with Crippen molar-refractivity contribution < 1.29 is 29.7 Å². The van der Waals surface area contributed by atoms with Crippen molar-refractivity contribution in [1.29, 1.82) is 0 Å². The molecule has 0 bridgehead atoms. The summed E-state index contributed by atoms with van der Waals surface area (Å²) in [6.45, 7) is 0.383. The first kappa shape index (κ1) is 21.0. The summed E-state index contributed by atoms with van der Waals surface area (Å²) in [5.74, 6) is -2.41. The third-order valence-electron chi connectivity index (χ3n) is 4.37. The maximum atomic E-state index is 12.3. The first-order valence-corrected chi connectivity index (χ1v) is 9.75. The highest BCUT2D eigenvalue weighted by Gasteiger charge is 2.22. The Balaban J connectivity index is 1.63. The van der Waals surface area contributed by atoms with Crippen LogP contribution in [0.3, 0.4) is 0 Å². The van der Waals surface area contributed by atoms with E-state index in [0.717, 1.165) is 16.9 Å². The molecule has 3 heterocycles. The molecule has 0 aliphatic carbocycles. The monoisotopic (exact) mass is 433 g/mol. The summed E-state index contributed by atoms with van der Waals surface area (Å²) in [5.41, 5.74) is 6.88. The van der Waals surface area contributed by atoms with E-state index in [1.165, 1.54) is 17.0 Å². The molecule has 0 radical (unpaired) electrons. The summed E-state index contributed by atoms with van der Waals surface area (Å²) in [6.07, 6.45) is 1.36. The quantitative estimate of drug-likeness (QED) is 0.329. The second kappa shape index (κ2) is 8.78. The zero-order chi connectivity index (χ0) is 21.8. The minimum Gasteiger partial charge on any atom is -0.494 e. The van der Waals surface area contributed by atoms with Crippen molar-refractivity contribution in [2.75, 3.05) is 5.73 Å². The van der Waals surface area contributed by atoms with Crippen molar-refractivity contribution in [2.24, 2.45) is 0 Å². The lowest BCUT2D eigenvalue weighted by molar-refractivity contribution is -0.140. The molecular weight excluding hydrogens is 414 g/mol. The Morgan fingerprint density at radius 3 is 2.73 bits per heavy atom. The molecule has 12 heteroatoms. The van der Waals surface area contributed by atoms with E-state index in [1.54, 1.807) is 11.4 Å². The number of hydrogen-bond acceptors (Lipinski definition) is 8. The number of aromatic hydroxyl groups is 1. The van der Waals surface area contributed by atoms with E-state index in [4.69, 9.17) is 15.9 Å². The third-order valence-corrected chi connectivity index (χ3v) is 5.35. The summed E-state index contributed by atoms with van der Waals surface area (Å²) in [7, 11) is 0. The third kappa shape index (κ3) is 4.84. The SMILES string of the molecule is Nc1cc2c(O)n(CCc3csc(C(=O)N[C@@H](CCC(=O)O)C(=O)O)c3)cnc-2n1. The number of nitrogens with two attached hydrogens (primary N) is 1. The van der Waals surface area contributed by atoms with E-state index >= 15 is 0 Å². The van der Waals surface area contributed by atoms with Gasteiger partial charge in [0, 0.05) is 13.0 Å². The molecule has 0 spiro atoms. The number of fused-ring (bicyclic) bond motifs is 1. The van der Waals surface area contributed by atoms with Gasteiger partial charge >= 0.3 is 11.9 Å². The average Bonchev–Trinajstić information content (AvgIpc) is 3.30. The van der Waals surface area contributed by atoms with Gasteiger partial charge in [0.1, 0.15) is 11.9 Å². The number of aromatic nitrogens is 3. The summed E-state index contributed by atoms with van der Waals surface area (Å²) < 4.78 is 1.53. The Morgan fingerprint density at radius 1 is 1.27 bits per heavy atom. The number of carbonyl (C=O) groups is 3. The molecule has 1 aromatic rings. The number of carboxylic acids is 2. The van der Waals surface area contributed by atoms with Crippen molar-refractivity contribution in [3.05, 3.63) is 34.3 Å². The Morgan fingerprint density at radius 2 is 2.03 bits per heavy atom. The highest BCUT2D eigenvalue weighted by atomic mass is 32.1. The highest BCUT2D eigenvalue weighted by molar-refractivity contribution is 7.12. The summed E-state index contributed by atoms with van der Waals surface area (Å²) in [4.78, 5) is 42.6. The van der Waals surface area contributed by atoms with Crippen LogP contribution >= 0.6 is 11.3 Å². The van der Waals surface area contributed by atoms with E-state index in [1.807, 2.05) is 0 Å². The molecule has 11 nitrogen and oxygen atoms in total. The molecular formula is C18H19N5O6S. The van der Waals surface area contributed by atoms with Gasteiger partial charge in [-0.25, -0.2) is 14.8 Å². The predicted octanol–water partition coefficient (Wildman–Crippen LogP) is 1.02. The maximum Gasteiger partial charge on any atom is 0.326 e. The van der Waals surface area contributed by atoms with Crippen molar-refractivity contribution in [3.63, 3.8) is 0 Å². The normalized spacial score (nSPS) is 12.0. The molecule has 0 saturated carbocycles. The van der Waals surface area contributed by atoms with Gasteiger partial charge in [-0.15, -0.1) is 11.3 Å². The molecule has 3 rings (SSSR count). The Labute approximate surface area is 174 Å². The van der Waals surface area contributed by atoms with E-state index in [2.05, 4.69) is 15.3 Å². The number of carboxylic acid groups (broad SMARTS) is 2. The van der Waals surface area contributed by atoms with Gasteiger partial charge in [-0.2, -0.15) is 0 Å². The summed E-state index contributed by atoms with van der Waals surface area (Å²) in [6, 6.07) is 1.88. The Kier molecular flexibility index (Phi) is 6.16. The van der Waals surface area contributed by atoms with Crippen molar-refractivity contribution in [3.8, 4) is 17.3 Å². The first-order chi connectivity index (χ1) is 14.2. The fourth-order valence-corrected chi connectivity index (χ4v) is 3.67. The first-order valence-electron chi connectivity index (χ1n) is 8.87. The smallest absolute Gasteiger partial charge is 0.326 e. The van der Waals surface area contributed by atoms with Crippen LogP contribution in [0.4, 0.5) is 5.82 Å². The minimum absolute atomic E-state index is 0.0138. The average molecular weight is 433 g/mol. The molecule has 6 N–H and O–H groups in total. The molecule has 158 valence electrons. The van der Waals surface area contributed by atoms with E-state index in [9.17, 15) is 19.5 Å². The van der Waals surface area contributed by atoms with Crippen LogP contribution in [0.1, 0.15) is 28.1 Å². The van der Waals surface area contributed by atoms with Crippen molar-refractivity contribution in [1.82, 2.24) is 19.9 Å². The van der Waals surface area contributed by atoms with Crippen LogP contribution in [0.15, 0.2) is 23.8 Å². The van der Waals surface area contributed by atoms with Gasteiger partial charge in [-0.05, 0) is 35.9 Å². The van der Waals surface area contributed by atoms with Crippen LogP contribution in [-0.2, 0) is 22.6 Å². The van der Waals surface area contributed by atoms with Gasteiger partial charge in [0.25, 0.3) is 5.91 Å². The van der Waals surface area contributed by atoms with Gasteiger partial charge < -0.3 is 30.9 Å². The standard InChI is InChI=1S/C18H19N5O6S/c19-13-6-10-15(22-13)20-8-23(17(10)27)4-3-9-5-12(30-7-9)16(26)21-11(18(28)29)1-2-14(24)25/h5-8,11,27H,1-4,19H2,(H,21,26)(H,24,25)(H,28,29)/t11-/m0/s1. The zero-order valence-corrected chi connectivity index (χ0v) is 16.4. The maximum absolute atomic E-state index is 12.3. The fourth-order valence-electron chi connectivity index (χ4n) is 2.82. The topological polar surface area (TPSA) is 181 Å². The van der Waals surface area contributed by atoms with Crippen LogP contribution in [0.2, 0.25) is 0 Å². The van der Waals surface area contributed by atoms with Crippen molar-refractivity contribution >= 4 is 35.0 Å². The molecule has 0 saturated heterocycles. The van der Waals surface area contributed by atoms with Gasteiger partial charge in [-0.1, -0.05) is 0 Å². The number of nitrogen functional groups attached to an aromatic ring is 1. The number of nitrogens with zero attached hydrogens (tertiary/aromatic N) is 3. The van der Waals surface area contributed by atoms with Crippen LogP contribution in [0.25, 0.3) is 11.4 Å². The van der Waals surface area contributed by atoms with Crippen LogP contribution < -0.4 is 11.1 Å². The number of aryl methyl sites for hydroxylation is 2. The molecule has 0 fully saturated rings. The molecule has 1 aromatic heterocycles. The number of amides is 1. The molecule has 1 amide bonds. The molecule has 2 aliphatic rings. The van der Waals surface area contributed by atoms with Gasteiger partial charge in [0.15, 0.2) is 5.82 Å². The van der Waals surface area contributed by atoms with Crippen LogP contribution in [0, 0.1) is 0 Å². The second-order valence-corrected chi connectivity index (χ2v) is 7.46. The number of anilines is 1. The lowest BCUT2D eigenvalue weighted by Gasteiger charge is -2.12. The van der Waals surface area contributed by atoms with E-state index < -0.39 is 23.9 Å². The van der Waals surface area contributed by atoms with Crippen LogP contribution in [0.5, 0.6) is 5.88 Å². The Hall–Kier alpha value is -3.67. The highest BCUT2D eigenvalue weighted by Crippen LogP contribution is 2.30. The molecule has 2 aliphatic heterocycles. The van der Waals surface area contributed by atoms with Gasteiger partial charge in [0.05, 0.1) is 16.8 Å². The summed E-state index contributed by atoms with van der Waals surface area (Å²) >= 11 is 1.15. The lowest BCUT2D eigenvalue weighted by atomic mass is 10.1. The van der Waals surface area contributed by atoms with Gasteiger partial charge in [0.2, 0.25) is 5.88 Å². The largest absolute Gasteiger partial charge is 0.494 e. The molecule has 0 aromatic carbocycles. The molecule has 1 atom stereocenters. The number of aliphatic carboxylic acids is 2.